The topological polar surface area (TPSA) is 52.3 Å². The number of rotatable bonds is 3. The second-order valence-corrected chi connectivity index (χ2v) is 3.04. The van der Waals surface area contributed by atoms with Crippen LogP contribution in [0.15, 0.2) is 27.4 Å². The Kier molecular flexibility index (Phi) is 2.09. The Morgan fingerprint density at radius 1 is 1.62 bits per heavy atom. The van der Waals surface area contributed by atoms with Crippen LogP contribution < -0.4 is 4.74 Å². The van der Waals surface area contributed by atoms with Gasteiger partial charge in [-0.2, -0.15) is 11.3 Å². The fourth-order valence-corrected chi connectivity index (χ4v) is 1.55. The van der Waals surface area contributed by atoms with Gasteiger partial charge in [-0.25, -0.2) is 0 Å². The lowest BCUT2D eigenvalue weighted by Crippen LogP contribution is -1.86. The third kappa shape index (κ3) is 1.59. The molecule has 0 unspecified atom stereocenters. The van der Waals surface area contributed by atoms with Crippen molar-refractivity contribution in [1.29, 1.82) is 0 Å². The number of aromatic nitrogens is 1. The van der Waals surface area contributed by atoms with Gasteiger partial charge >= 0.3 is 0 Å². The molecule has 0 fully saturated rings. The zero-order valence-electron chi connectivity index (χ0n) is 6.47. The number of carbonyl (C=O) groups is 1. The molecule has 0 spiro atoms. The normalized spacial score (nSPS) is 9.85. The van der Waals surface area contributed by atoms with E-state index in [4.69, 9.17) is 4.52 Å². The highest BCUT2D eigenvalue weighted by Gasteiger charge is 2.06. The summed E-state index contributed by atoms with van der Waals surface area (Å²) in [6.07, 6.45) is 0. The maximum absolute atomic E-state index is 9.97. The average Bonchev–Trinajstić information content (AvgIpc) is 2.70. The molecule has 0 aliphatic carbocycles. The molecular weight excluding hydrogens is 190 g/mol. The minimum atomic E-state index is 0.177. The number of carbonyl (C=O) groups excluding carboxylic acids is 1. The maximum atomic E-state index is 9.97. The molecule has 13 heavy (non-hydrogen) atoms. The zero-order valence-corrected chi connectivity index (χ0v) is 7.28. The first kappa shape index (κ1) is 8.00. The number of nitrogens with zero attached hydrogens (tertiary/aromatic N) is 1. The molecule has 0 saturated heterocycles. The predicted molar refractivity (Wildman–Crippen MR) is 46.5 cm³/mol. The van der Waals surface area contributed by atoms with Crippen molar-refractivity contribution < 1.29 is 14.1 Å². The first-order valence-electron chi connectivity index (χ1n) is 3.50. The van der Waals surface area contributed by atoms with E-state index in [1.54, 1.807) is 17.4 Å². The van der Waals surface area contributed by atoms with Crippen LogP contribution in [0.5, 0.6) is 5.88 Å². The Labute approximate surface area is 77.7 Å². The molecule has 66 valence electrons. The lowest BCUT2D eigenvalue weighted by atomic mass is 10.3. The van der Waals surface area contributed by atoms with Crippen molar-refractivity contribution in [2.45, 2.75) is 0 Å². The number of hydrogen-bond donors (Lipinski definition) is 0. The Hall–Kier alpha value is -1.62. The summed E-state index contributed by atoms with van der Waals surface area (Å²) in [7, 11) is 0. The highest BCUT2D eigenvalue weighted by atomic mass is 32.1. The largest absolute Gasteiger partial charge is 0.406 e. The lowest BCUT2D eigenvalue weighted by molar-refractivity contribution is -0.121. The van der Waals surface area contributed by atoms with Gasteiger partial charge in [0.1, 0.15) is 0 Å². The quantitative estimate of drug-likeness (QED) is 0.702. The summed E-state index contributed by atoms with van der Waals surface area (Å²) >= 11 is 1.56. The van der Waals surface area contributed by atoms with Gasteiger partial charge in [0.15, 0.2) is 5.76 Å². The molecule has 2 aromatic rings. The number of thiophene rings is 1. The summed E-state index contributed by atoms with van der Waals surface area (Å²) in [5, 5.41) is 7.39. The summed E-state index contributed by atoms with van der Waals surface area (Å²) < 4.78 is 9.44. The molecule has 0 amide bonds. The van der Waals surface area contributed by atoms with Gasteiger partial charge < -0.3 is 9.26 Å². The van der Waals surface area contributed by atoms with Crippen molar-refractivity contribution in [3.63, 3.8) is 0 Å². The van der Waals surface area contributed by atoms with Crippen LogP contribution in [-0.4, -0.2) is 11.6 Å². The van der Waals surface area contributed by atoms with E-state index in [0.29, 0.717) is 12.2 Å². The van der Waals surface area contributed by atoms with Crippen LogP contribution in [0.1, 0.15) is 0 Å². The molecular formula is C8H5NO3S. The molecule has 2 heterocycles. The smallest absolute Gasteiger partial charge is 0.299 e. The van der Waals surface area contributed by atoms with Crippen LogP contribution in [0.4, 0.5) is 0 Å². The average molecular weight is 195 g/mol. The molecule has 0 aliphatic heterocycles. The summed E-state index contributed by atoms with van der Waals surface area (Å²) in [5.74, 6) is 0.773. The van der Waals surface area contributed by atoms with E-state index >= 15 is 0 Å². The van der Waals surface area contributed by atoms with E-state index in [-0.39, 0.29) is 5.88 Å². The monoisotopic (exact) mass is 195 g/mol. The third-order valence-corrected chi connectivity index (χ3v) is 2.15. The van der Waals surface area contributed by atoms with Gasteiger partial charge in [0.2, 0.25) is 0 Å². The molecule has 0 aliphatic rings. The molecule has 2 aromatic heterocycles. The summed E-state index contributed by atoms with van der Waals surface area (Å²) in [4.78, 5) is 9.97. The summed E-state index contributed by atoms with van der Waals surface area (Å²) in [5.41, 5.74) is 0.929. The molecule has 4 nitrogen and oxygen atoms in total. The molecule has 0 radical (unpaired) electrons. The standard InChI is InChI=1S/C8H5NO3S/c10-5-11-8-3-7(12-9-8)6-1-2-13-4-6/h1-5H. The fraction of sp³-hybridized carbons (Fsp3) is 0. The van der Waals surface area contributed by atoms with Gasteiger partial charge in [0.05, 0.1) is 6.07 Å². The molecule has 2 rings (SSSR count). The van der Waals surface area contributed by atoms with Crippen LogP contribution in [0.25, 0.3) is 11.3 Å². The van der Waals surface area contributed by atoms with E-state index in [2.05, 4.69) is 9.89 Å². The zero-order chi connectivity index (χ0) is 9.10. The van der Waals surface area contributed by atoms with Crippen molar-refractivity contribution in [1.82, 2.24) is 5.16 Å². The van der Waals surface area contributed by atoms with Crippen molar-refractivity contribution in [3.05, 3.63) is 22.9 Å². The van der Waals surface area contributed by atoms with E-state index < -0.39 is 0 Å². The fourth-order valence-electron chi connectivity index (χ4n) is 0.905. The van der Waals surface area contributed by atoms with Gasteiger partial charge in [-0.3, -0.25) is 4.79 Å². The lowest BCUT2D eigenvalue weighted by Gasteiger charge is -1.83. The third-order valence-electron chi connectivity index (χ3n) is 1.46. The second-order valence-electron chi connectivity index (χ2n) is 2.26. The van der Waals surface area contributed by atoms with E-state index in [9.17, 15) is 4.79 Å². The highest BCUT2D eigenvalue weighted by Crippen LogP contribution is 2.24. The molecule has 0 saturated carbocycles. The molecule has 0 atom stereocenters. The first-order valence-corrected chi connectivity index (χ1v) is 4.44. The SMILES string of the molecule is O=COc1cc(-c2ccsc2)on1. The van der Waals surface area contributed by atoms with Crippen LogP contribution >= 0.6 is 11.3 Å². The first-order chi connectivity index (χ1) is 6.40. The minimum Gasteiger partial charge on any atom is -0.406 e. The van der Waals surface area contributed by atoms with Crippen LogP contribution in [0, 0.1) is 0 Å². The van der Waals surface area contributed by atoms with E-state index in [1.807, 2.05) is 16.8 Å². The Balaban J connectivity index is 2.28. The van der Waals surface area contributed by atoms with Gasteiger partial charge in [-0.05, 0) is 16.6 Å². The van der Waals surface area contributed by atoms with E-state index in [0.717, 1.165) is 5.56 Å². The van der Waals surface area contributed by atoms with Crippen molar-refractivity contribution >= 4 is 17.8 Å². The Bertz CT molecular complexity index is 393. The molecule has 0 bridgehead atoms. The number of hydrogen-bond acceptors (Lipinski definition) is 5. The van der Waals surface area contributed by atoms with Crippen molar-refractivity contribution in [3.8, 4) is 17.2 Å². The van der Waals surface area contributed by atoms with Gasteiger partial charge in [-0.15, -0.1) is 0 Å². The van der Waals surface area contributed by atoms with Crippen LogP contribution in [-0.2, 0) is 4.79 Å². The minimum absolute atomic E-state index is 0.177. The molecule has 0 aromatic carbocycles. The maximum Gasteiger partial charge on any atom is 0.299 e. The van der Waals surface area contributed by atoms with Crippen LogP contribution in [0.2, 0.25) is 0 Å². The summed E-state index contributed by atoms with van der Waals surface area (Å²) in [6, 6.07) is 3.46. The van der Waals surface area contributed by atoms with Crippen molar-refractivity contribution in [2.24, 2.45) is 0 Å². The van der Waals surface area contributed by atoms with Gasteiger partial charge in [0.25, 0.3) is 12.4 Å². The molecule has 0 N–H and O–H groups in total. The highest BCUT2D eigenvalue weighted by molar-refractivity contribution is 7.08. The molecule has 5 heteroatoms. The van der Waals surface area contributed by atoms with Crippen molar-refractivity contribution in [2.75, 3.05) is 0 Å². The number of ether oxygens (including phenoxy) is 1. The van der Waals surface area contributed by atoms with Crippen LogP contribution in [0.3, 0.4) is 0 Å². The second kappa shape index (κ2) is 3.40. The van der Waals surface area contributed by atoms with Gasteiger partial charge in [-0.1, -0.05) is 0 Å². The Morgan fingerprint density at radius 3 is 3.23 bits per heavy atom. The Morgan fingerprint density at radius 2 is 2.54 bits per heavy atom. The van der Waals surface area contributed by atoms with Gasteiger partial charge in [0, 0.05) is 10.9 Å². The summed E-state index contributed by atoms with van der Waals surface area (Å²) in [6.45, 7) is 0.315. The van der Waals surface area contributed by atoms with E-state index in [1.165, 1.54) is 0 Å². The predicted octanol–water partition coefficient (Wildman–Crippen LogP) is 1.94.